The Kier molecular flexibility index (Phi) is 3.57. The van der Waals surface area contributed by atoms with Crippen LogP contribution in [0, 0.1) is 17.3 Å². The van der Waals surface area contributed by atoms with Crippen molar-refractivity contribution in [1.82, 2.24) is 0 Å². The van der Waals surface area contributed by atoms with Gasteiger partial charge in [0.2, 0.25) is 0 Å². The van der Waals surface area contributed by atoms with Crippen molar-refractivity contribution >= 4 is 6.08 Å². The summed E-state index contributed by atoms with van der Waals surface area (Å²) in [5, 5.41) is 0. The topological polar surface area (TPSA) is 18.5 Å². The van der Waals surface area contributed by atoms with Gasteiger partial charge in [0.1, 0.15) is 5.75 Å². The van der Waals surface area contributed by atoms with Crippen LogP contribution in [0.4, 0.5) is 0 Å². The van der Waals surface area contributed by atoms with Crippen molar-refractivity contribution in [3.05, 3.63) is 34.9 Å². The molecule has 4 rings (SSSR count). The molecular weight excluding hydrogens is 284 g/mol. The zero-order valence-electron chi connectivity index (χ0n) is 14.8. The summed E-state index contributed by atoms with van der Waals surface area (Å²) >= 11 is 0. The second kappa shape index (κ2) is 5.37. The maximum atomic E-state index is 5.86. The van der Waals surface area contributed by atoms with Crippen LogP contribution in [-0.2, 0) is 4.74 Å². The van der Waals surface area contributed by atoms with Gasteiger partial charge in [-0.1, -0.05) is 24.6 Å². The van der Waals surface area contributed by atoms with Crippen LogP contribution >= 0.6 is 0 Å². The van der Waals surface area contributed by atoms with Crippen LogP contribution in [0.5, 0.6) is 5.75 Å². The third-order valence-electron chi connectivity index (χ3n) is 7.07. The first-order valence-corrected chi connectivity index (χ1v) is 8.97. The van der Waals surface area contributed by atoms with Gasteiger partial charge in [0.25, 0.3) is 0 Å². The minimum Gasteiger partial charge on any atom is -0.497 e. The highest BCUT2D eigenvalue weighted by Crippen LogP contribution is 2.62. The van der Waals surface area contributed by atoms with Crippen molar-refractivity contribution in [3.63, 3.8) is 0 Å². The van der Waals surface area contributed by atoms with Crippen molar-refractivity contribution < 1.29 is 9.47 Å². The smallest absolute Gasteiger partial charge is 0.119 e. The molecule has 0 bridgehead atoms. The average Bonchev–Trinajstić information content (AvgIpc) is 2.90. The van der Waals surface area contributed by atoms with Crippen molar-refractivity contribution in [2.45, 2.75) is 51.6 Å². The highest BCUT2D eigenvalue weighted by molar-refractivity contribution is 5.63. The largest absolute Gasteiger partial charge is 0.497 e. The van der Waals surface area contributed by atoms with E-state index in [2.05, 4.69) is 38.1 Å². The van der Waals surface area contributed by atoms with E-state index < -0.39 is 0 Å². The quantitative estimate of drug-likeness (QED) is 0.762. The van der Waals surface area contributed by atoms with Crippen LogP contribution in [0.25, 0.3) is 6.08 Å². The van der Waals surface area contributed by atoms with Crippen LogP contribution in [-0.4, -0.2) is 20.3 Å². The molecule has 2 fully saturated rings. The molecule has 124 valence electrons. The number of hydrogen-bond acceptors (Lipinski definition) is 2. The zero-order valence-corrected chi connectivity index (χ0v) is 14.8. The number of benzene rings is 1. The molecule has 0 aliphatic heterocycles. The monoisotopic (exact) mass is 312 g/mol. The Morgan fingerprint density at radius 2 is 1.96 bits per heavy atom. The number of allylic oxidation sites excluding steroid dienone is 1. The summed E-state index contributed by atoms with van der Waals surface area (Å²) in [4.78, 5) is 0. The van der Waals surface area contributed by atoms with Gasteiger partial charge in [-0.2, -0.15) is 0 Å². The van der Waals surface area contributed by atoms with Gasteiger partial charge in [-0.05, 0) is 79.0 Å². The predicted octanol–water partition coefficient (Wildman–Crippen LogP) is 5.04. The fourth-order valence-electron chi connectivity index (χ4n) is 5.95. The van der Waals surface area contributed by atoms with Crippen molar-refractivity contribution in [2.75, 3.05) is 14.2 Å². The minimum atomic E-state index is 0.356. The van der Waals surface area contributed by atoms with Crippen molar-refractivity contribution in [1.29, 1.82) is 0 Å². The molecular formula is C21H28O2. The summed E-state index contributed by atoms with van der Waals surface area (Å²) in [5.74, 6) is 3.09. The van der Waals surface area contributed by atoms with E-state index in [-0.39, 0.29) is 0 Å². The van der Waals surface area contributed by atoms with E-state index in [4.69, 9.17) is 9.47 Å². The third kappa shape index (κ3) is 2.11. The molecule has 3 aliphatic carbocycles. The van der Waals surface area contributed by atoms with Gasteiger partial charge < -0.3 is 9.47 Å². The average molecular weight is 312 g/mol. The van der Waals surface area contributed by atoms with Gasteiger partial charge in [-0.3, -0.25) is 0 Å². The Morgan fingerprint density at radius 1 is 1.13 bits per heavy atom. The SMILES string of the molecule is COc1ccc2c(c1)C=C(C)[C@@H]1[C@@H]2CC[C@]2(C)[C@@H](OC)CC[C@@H]12. The van der Waals surface area contributed by atoms with E-state index >= 15 is 0 Å². The fourth-order valence-corrected chi connectivity index (χ4v) is 5.95. The van der Waals surface area contributed by atoms with E-state index in [0.29, 0.717) is 23.4 Å². The van der Waals surface area contributed by atoms with Gasteiger partial charge in [-0.15, -0.1) is 0 Å². The number of fused-ring (bicyclic) bond motifs is 5. The van der Waals surface area contributed by atoms with Crippen LogP contribution in [0.1, 0.15) is 56.6 Å². The molecule has 0 spiro atoms. The Morgan fingerprint density at radius 3 is 2.70 bits per heavy atom. The van der Waals surface area contributed by atoms with Gasteiger partial charge >= 0.3 is 0 Å². The first-order valence-electron chi connectivity index (χ1n) is 8.97. The lowest BCUT2D eigenvalue weighted by Gasteiger charge is -2.50. The molecule has 0 saturated heterocycles. The van der Waals surface area contributed by atoms with E-state index in [0.717, 1.165) is 11.7 Å². The van der Waals surface area contributed by atoms with Crippen molar-refractivity contribution in [2.24, 2.45) is 17.3 Å². The van der Waals surface area contributed by atoms with E-state index in [1.54, 1.807) is 12.7 Å². The molecule has 3 aliphatic rings. The number of ether oxygens (including phenoxy) is 2. The lowest BCUT2D eigenvalue weighted by Crippen LogP contribution is -2.44. The van der Waals surface area contributed by atoms with Gasteiger partial charge in [0, 0.05) is 7.11 Å². The van der Waals surface area contributed by atoms with E-state index in [1.807, 2.05) is 7.11 Å². The Balaban J connectivity index is 1.75. The molecule has 2 heteroatoms. The first kappa shape index (κ1) is 15.3. The van der Waals surface area contributed by atoms with Gasteiger partial charge in [0.15, 0.2) is 0 Å². The molecule has 23 heavy (non-hydrogen) atoms. The maximum absolute atomic E-state index is 5.86. The van der Waals surface area contributed by atoms with Crippen LogP contribution < -0.4 is 4.74 Å². The third-order valence-corrected chi connectivity index (χ3v) is 7.07. The van der Waals surface area contributed by atoms with Gasteiger partial charge in [-0.25, -0.2) is 0 Å². The minimum absolute atomic E-state index is 0.356. The summed E-state index contributed by atoms with van der Waals surface area (Å²) < 4.78 is 11.3. The predicted molar refractivity (Wildman–Crippen MR) is 93.7 cm³/mol. The van der Waals surface area contributed by atoms with Crippen LogP contribution in [0.2, 0.25) is 0 Å². The van der Waals surface area contributed by atoms with E-state index in [9.17, 15) is 0 Å². The summed E-state index contributed by atoms with van der Waals surface area (Å²) in [6.45, 7) is 4.82. The molecule has 1 aromatic carbocycles. The normalized spacial score (nSPS) is 38.3. The molecule has 0 amide bonds. The molecule has 0 unspecified atom stereocenters. The standard InChI is InChI=1S/C21H28O2/c1-13-11-14-12-15(22-3)5-6-16(14)17-9-10-21(2)18(20(13)17)7-8-19(21)23-4/h5-6,11-12,17-20H,7-10H2,1-4H3/t17-,18+,19+,20-,21+/m1/s1. The van der Waals surface area contributed by atoms with Crippen LogP contribution in [0.15, 0.2) is 23.8 Å². The van der Waals surface area contributed by atoms with E-state index in [1.165, 1.54) is 36.8 Å². The summed E-state index contributed by atoms with van der Waals surface area (Å²) in [5.41, 5.74) is 4.82. The second-order valence-electron chi connectivity index (χ2n) is 7.97. The summed E-state index contributed by atoms with van der Waals surface area (Å²) in [6, 6.07) is 6.64. The molecule has 2 nitrogen and oxygen atoms in total. The highest BCUT2D eigenvalue weighted by atomic mass is 16.5. The summed E-state index contributed by atoms with van der Waals surface area (Å²) in [7, 11) is 3.65. The Bertz CT molecular complexity index is 647. The molecule has 0 radical (unpaired) electrons. The highest BCUT2D eigenvalue weighted by Gasteiger charge is 2.55. The molecule has 0 aromatic heterocycles. The van der Waals surface area contributed by atoms with Crippen molar-refractivity contribution in [3.8, 4) is 5.75 Å². The number of methoxy groups -OCH3 is 2. The second-order valence-corrected chi connectivity index (χ2v) is 7.97. The number of rotatable bonds is 2. The van der Waals surface area contributed by atoms with Gasteiger partial charge in [0.05, 0.1) is 13.2 Å². The fraction of sp³-hybridized carbons (Fsp3) is 0.619. The lowest BCUT2D eigenvalue weighted by atomic mass is 9.55. The Labute approximate surface area is 139 Å². The maximum Gasteiger partial charge on any atom is 0.119 e. The lowest BCUT2D eigenvalue weighted by molar-refractivity contribution is -0.0353. The number of hydrogen-bond donors (Lipinski definition) is 0. The molecule has 0 heterocycles. The zero-order chi connectivity index (χ0) is 16.2. The van der Waals surface area contributed by atoms with Crippen LogP contribution in [0.3, 0.4) is 0 Å². The summed E-state index contributed by atoms with van der Waals surface area (Å²) in [6.07, 6.45) is 7.96. The first-order chi connectivity index (χ1) is 11.1. The molecule has 1 aromatic rings. The molecule has 2 saturated carbocycles. The molecule has 5 atom stereocenters. The Hall–Kier alpha value is -1.28. The molecule has 0 N–H and O–H groups in total.